The van der Waals surface area contributed by atoms with Crippen LogP contribution >= 0.6 is 11.3 Å². The van der Waals surface area contributed by atoms with Crippen molar-refractivity contribution in [2.75, 3.05) is 0 Å². The predicted octanol–water partition coefficient (Wildman–Crippen LogP) is 26.7. The zero-order chi connectivity index (χ0) is 66.9. The van der Waals surface area contributed by atoms with Gasteiger partial charge in [0, 0.05) is 96.8 Å². The largest absolute Gasteiger partial charge is 0.456 e. The molecule has 5 nitrogen and oxygen atoms in total. The Morgan fingerprint density at radius 1 is 0.167 bits per heavy atom. The molecule has 0 aliphatic rings. The fraction of sp³-hybridized carbons (Fsp3) is 0. The number of fused-ring (bicyclic) bond motifs is 18. The molecule has 0 spiro atoms. The highest BCUT2D eigenvalue weighted by Gasteiger charge is 2.21. The van der Waals surface area contributed by atoms with E-state index in [0.717, 1.165) is 39.0 Å². The van der Waals surface area contributed by atoms with Crippen molar-refractivity contribution in [3.63, 3.8) is 0 Å². The topological polar surface area (TPSA) is 32.9 Å². The summed E-state index contributed by atoms with van der Waals surface area (Å²) in [7, 11) is 0. The van der Waals surface area contributed by atoms with Crippen LogP contribution in [-0.4, -0.2) is 18.3 Å². The van der Waals surface area contributed by atoms with Crippen LogP contribution in [0.2, 0.25) is 0 Å². The molecule has 476 valence electrons. The molecule has 0 amide bonds. The molecule has 0 aliphatic carbocycles. The van der Waals surface area contributed by atoms with Crippen molar-refractivity contribution >= 4 is 141 Å². The zero-order valence-corrected chi connectivity index (χ0v) is 56.1. The van der Waals surface area contributed by atoms with Crippen molar-refractivity contribution in [3.8, 4) is 67.3 Å². The lowest BCUT2D eigenvalue weighted by atomic mass is 10.0. The molecule has 0 saturated carbocycles. The van der Waals surface area contributed by atoms with E-state index in [-0.39, 0.29) is 0 Å². The Labute approximate surface area is 590 Å². The molecule has 16 aromatic carbocycles. The molecule has 0 bridgehead atoms. The molecule has 22 aromatic rings. The number of aromatic nitrogens is 4. The molecule has 102 heavy (non-hydrogen) atoms. The molecule has 6 heterocycles. The first-order valence-electron chi connectivity index (χ1n) is 34.9. The number of benzene rings is 16. The van der Waals surface area contributed by atoms with Crippen LogP contribution in [-0.2, 0) is 0 Å². The average Bonchev–Trinajstić information content (AvgIpc) is 1.60. The fourth-order valence-corrected chi connectivity index (χ4v) is 17.5. The number of thiophene rings is 1. The summed E-state index contributed by atoms with van der Waals surface area (Å²) in [5.74, 6) is 0. The maximum atomic E-state index is 6.16. The van der Waals surface area contributed by atoms with Crippen LogP contribution in [0.15, 0.2) is 368 Å². The summed E-state index contributed by atoms with van der Waals surface area (Å²) in [6.07, 6.45) is 0. The van der Waals surface area contributed by atoms with Gasteiger partial charge in [-0.3, -0.25) is 0 Å². The highest BCUT2D eigenvalue weighted by atomic mass is 32.1. The van der Waals surface area contributed by atoms with Gasteiger partial charge in [-0.25, -0.2) is 0 Å². The van der Waals surface area contributed by atoms with E-state index >= 15 is 0 Å². The Hall–Kier alpha value is -13.3. The van der Waals surface area contributed by atoms with Crippen LogP contribution in [0.1, 0.15) is 0 Å². The van der Waals surface area contributed by atoms with Gasteiger partial charge in [0.1, 0.15) is 11.2 Å². The van der Waals surface area contributed by atoms with Gasteiger partial charge in [0.05, 0.1) is 44.1 Å². The van der Waals surface area contributed by atoms with Gasteiger partial charge in [0.25, 0.3) is 0 Å². The number of hydrogen-bond acceptors (Lipinski definition) is 2. The fourth-order valence-electron chi connectivity index (χ4n) is 16.3. The van der Waals surface area contributed by atoms with E-state index in [1.807, 2.05) is 23.5 Å². The summed E-state index contributed by atoms with van der Waals surface area (Å²) < 4.78 is 18.4. The molecular weight excluding hydrogens is 1260 g/mol. The summed E-state index contributed by atoms with van der Waals surface area (Å²) in [4.78, 5) is 0. The summed E-state index contributed by atoms with van der Waals surface area (Å²) in [6.45, 7) is 0. The average molecular weight is 1320 g/mol. The standard InChI is InChI=1S/C48H30N2O.C48H30N2S/c1-2-11-31(12-3-1)32-13-10-14-35(27-32)49-43-18-7-4-15-37(43)40-28-33(21-24-45(40)49)34-22-25-46-41(29-34)38-16-5-8-19-44(38)50(46)36-23-26-48-42(30-36)39-17-6-9-20-47(39)51-48;1-2-10-31(11-3-1)32-18-22-35(23-19-32)49-43-15-7-4-12-37(43)41-28-33(20-26-45(41)49)34-21-27-46-42(29-34)38-13-5-8-16-44(38)50(46)36-24-25-40-39-14-6-9-17-47(39)51-48(40)30-36/h2*1-30H. The van der Waals surface area contributed by atoms with Gasteiger partial charge in [0.2, 0.25) is 0 Å². The number of rotatable bonds is 8. The minimum atomic E-state index is 0.906. The third kappa shape index (κ3) is 9.24. The highest BCUT2D eigenvalue weighted by Crippen LogP contribution is 2.44. The molecule has 6 heteroatoms. The first-order valence-corrected chi connectivity index (χ1v) is 35.7. The van der Waals surface area contributed by atoms with Crippen LogP contribution < -0.4 is 0 Å². The number of furan rings is 1. The van der Waals surface area contributed by atoms with Crippen molar-refractivity contribution in [2.45, 2.75) is 0 Å². The third-order valence-corrected chi connectivity index (χ3v) is 22.2. The second kappa shape index (κ2) is 23.2. The molecule has 22 rings (SSSR count). The molecule has 0 saturated heterocycles. The van der Waals surface area contributed by atoms with Gasteiger partial charge in [-0.05, 0) is 184 Å². The van der Waals surface area contributed by atoms with Gasteiger partial charge in [-0.2, -0.15) is 0 Å². The van der Waals surface area contributed by atoms with E-state index in [0.29, 0.717) is 0 Å². The van der Waals surface area contributed by atoms with Gasteiger partial charge in [-0.15, -0.1) is 11.3 Å². The quantitative estimate of drug-likeness (QED) is 0.149. The van der Waals surface area contributed by atoms with E-state index in [9.17, 15) is 0 Å². The van der Waals surface area contributed by atoms with E-state index in [1.54, 1.807) is 0 Å². The number of para-hydroxylation sites is 5. The van der Waals surface area contributed by atoms with Crippen LogP contribution in [0, 0.1) is 0 Å². The second-order valence-electron chi connectivity index (χ2n) is 26.7. The lowest BCUT2D eigenvalue weighted by molar-refractivity contribution is 0.669. The van der Waals surface area contributed by atoms with Gasteiger partial charge < -0.3 is 22.7 Å². The maximum absolute atomic E-state index is 6.16. The monoisotopic (exact) mass is 1320 g/mol. The minimum absolute atomic E-state index is 0.906. The number of hydrogen-bond donors (Lipinski definition) is 0. The van der Waals surface area contributed by atoms with Crippen molar-refractivity contribution in [3.05, 3.63) is 364 Å². The lowest BCUT2D eigenvalue weighted by Crippen LogP contribution is -1.94. The van der Waals surface area contributed by atoms with Gasteiger partial charge in [-0.1, -0.05) is 224 Å². The Morgan fingerprint density at radius 3 is 1.02 bits per heavy atom. The van der Waals surface area contributed by atoms with E-state index < -0.39 is 0 Å². The second-order valence-corrected chi connectivity index (χ2v) is 27.8. The SMILES string of the molecule is c1ccc(-c2ccc(-n3c4ccccc4c4cc(-c5ccc6c(c5)c5ccccc5n6-c5ccc6c(c5)sc5ccccc56)ccc43)cc2)cc1.c1ccc(-c2cccc(-n3c4ccccc4c4cc(-c5ccc6c(c5)c5ccccc5n6-c5ccc6oc7ccccc7c6c5)ccc43)c2)cc1. The van der Waals surface area contributed by atoms with E-state index in [4.69, 9.17) is 4.42 Å². The van der Waals surface area contributed by atoms with Gasteiger partial charge >= 0.3 is 0 Å². The smallest absolute Gasteiger partial charge is 0.135 e. The molecule has 6 aromatic heterocycles. The van der Waals surface area contributed by atoms with Gasteiger partial charge in [0.15, 0.2) is 0 Å². The molecule has 0 aliphatic heterocycles. The maximum Gasteiger partial charge on any atom is 0.135 e. The van der Waals surface area contributed by atoms with Crippen molar-refractivity contribution in [1.29, 1.82) is 0 Å². The summed E-state index contributed by atoms with van der Waals surface area (Å²) in [6, 6.07) is 132. The van der Waals surface area contributed by atoms with Crippen LogP contribution in [0.25, 0.3) is 197 Å². The molecule has 0 N–H and O–H groups in total. The minimum Gasteiger partial charge on any atom is -0.456 e. The Kier molecular flexibility index (Phi) is 13.1. The van der Waals surface area contributed by atoms with Crippen LogP contribution in [0.5, 0.6) is 0 Å². The first kappa shape index (κ1) is 57.8. The van der Waals surface area contributed by atoms with Crippen LogP contribution in [0.3, 0.4) is 0 Å². The predicted molar refractivity (Wildman–Crippen MR) is 432 cm³/mol. The van der Waals surface area contributed by atoms with Crippen molar-refractivity contribution < 1.29 is 4.42 Å². The zero-order valence-electron chi connectivity index (χ0n) is 55.2. The molecule has 0 atom stereocenters. The Balaban J connectivity index is 0.000000133. The highest BCUT2D eigenvalue weighted by molar-refractivity contribution is 7.25. The Morgan fingerprint density at radius 2 is 0.500 bits per heavy atom. The molecule has 0 radical (unpaired) electrons. The molecular formula is C96H60N4OS. The summed E-state index contributed by atoms with van der Waals surface area (Å²) >= 11 is 1.87. The molecule has 0 fully saturated rings. The summed E-state index contributed by atoms with van der Waals surface area (Å²) in [5, 5.41) is 14.9. The van der Waals surface area contributed by atoms with Crippen LogP contribution in [0.4, 0.5) is 0 Å². The number of nitrogens with zero attached hydrogens (tertiary/aromatic N) is 4. The van der Waals surface area contributed by atoms with E-state index in [1.165, 1.54) is 158 Å². The van der Waals surface area contributed by atoms with Crippen molar-refractivity contribution in [1.82, 2.24) is 18.3 Å². The third-order valence-electron chi connectivity index (χ3n) is 21.0. The lowest BCUT2D eigenvalue weighted by Gasteiger charge is -2.11. The Bertz CT molecular complexity index is 7120. The van der Waals surface area contributed by atoms with Crippen molar-refractivity contribution in [2.24, 2.45) is 0 Å². The molecule has 0 unspecified atom stereocenters. The first-order chi connectivity index (χ1) is 50.6. The van der Waals surface area contributed by atoms with E-state index in [2.05, 4.69) is 370 Å². The summed E-state index contributed by atoms with van der Waals surface area (Å²) in [5.41, 5.74) is 25.8. The normalized spacial score (nSPS) is 11.9.